The Bertz CT molecular complexity index is 917. The number of nitrogens with one attached hydrogen (secondary N) is 1. The predicted molar refractivity (Wildman–Crippen MR) is 116 cm³/mol. The third-order valence-electron chi connectivity index (χ3n) is 5.25. The van der Waals surface area contributed by atoms with E-state index in [0.29, 0.717) is 5.95 Å². The van der Waals surface area contributed by atoms with Crippen molar-refractivity contribution in [3.63, 3.8) is 0 Å². The quantitative estimate of drug-likeness (QED) is 0.726. The molecular weight excluding hydrogens is 346 g/mol. The number of piperazine rings is 1. The number of aryl methyl sites for hydroxylation is 1. The van der Waals surface area contributed by atoms with E-state index in [4.69, 9.17) is 9.97 Å². The van der Waals surface area contributed by atoms with Crippen molar-refractivity contribution >= 4 is 17.5 Å². The van der Waals surface area contributed by atoms with Gasteiger partial charge in [0.15, 0.2) is 0 Å². The van der Waals surface area contributed by atoms with Crippen LogP contribution in [0.1, 0.15) is 12.5 Å². The van der Waals surface area contributed by atoms with Gasteiger partial charge in [0, 0.05) is 43.5 Å². The third kappa shape index (κ3) is 4.15. The molecule has 1 aromatic heterocycles. The fraction of sp³-hybridized carbons (Fsp3) is 0.304. The van der Waals surface area contributed by atoms with Gasteiger partial charge in [-0.05, 0) is 25.1 Å². The van der Waals surface area contributed by atoms with Crippen LogP contribution in [-0.2, 0) is 6.42 Å². The first-order valence-electron chi connectivity index (χ1n) is 9.96. The molecule has 0 spiro atoms. The highest BCUT2D eigenvalue weighted by Crippen LogP contribution is 2.26. The Balaban J connectivity index is 1.71. The van der Waals surface area contributed by atoms with Crippen molar-refractivity contribution in [1.29, 1.82) is 0 Å². The highest BCUT2D eigenvalue weighted by Gasteiger charge is 2.18. The van der Waals surface area contributed by atoms with Gasteiger partial charge in [-0.15, -0.1) is 0 Å². The van der Waals surface area contributed by atoms with Gasteiger partial charge in [0.2, 0.25) is 5.95 Å². The lowest BCUT2D eigenvalue weighted by molar-refractivity contribution is 0.312. The largest absolute Gasteiger partial charge is 0.354 e. The van der Waals surface area contributed by atoms with Gasteiger partial charge < -0.3 is 15.1 Å². The van der Waals surface area contributed by atoms with Crippen molar-refractivity contribution in [3.05, 3.63) is 66.2 Å². The van der Waals surface area contributed by atoms with Gasteiger partial charge in [-0.2, -0.15) is 4.98 Å². The van der Waals surface area contributed by atoms with Gasteiger partial charge in [0.25, 0.3) is 0 Å². The van der Waals surface area contributed by atoms with Crippen LogP contribution in [-0.4, -0.2) is 48.1 Å². The molecule has 1 aliphatic heterocycles. The zero-order chi connectivity index (χ0) is 19.3. The molecule has 28 heavy (non-hydrogen) atoms. The van der Waals surface area contributed by atoms with Crippen LogP contribution in [0.25, 0.3) is 11.3 Å². The molecule has 1 saturated heterocycles. The maximum absolute atomic E-state index is 4.86. The molecular formula is C23H27N5. The molecule has 0 aliphatic carbocycles. The van der Waals surface area contributed by atoms with E-state index in [1.54, 1.807) is 0 Å². The van der Waals surface area contributed by atoms with E-state index in [2.05, 4.69) is 65.5 Å². The highest BCUT2D eigenvalue weighted by atomic mass is 15.3. The molecule has 1 fully saturated rings. The topological polar surface area (TPSA) is 44.3 Å². The second kappa shape index (κ2) is 8.40. The summed E-state index contributed by atoms with van der Waals surface area (Å²) < 4.78 is 0. The third-order valence-corrected chi connectivity index (χ3v) is 5.25. The summed E-state index contributed by atoms with van der Waals surface area (Å²) in [6.07, 6.45) is 0.965. The first kappa shape index (κ1) is 18.4. The normalized spacial score (nSPS) is 14.9. The van der Waals surface area contributed by atoms with E-state index in [1.165, 1.54) is 5.56 Å². The van der Waals surface area contributed by atoms with Crippen LogP contribution in [0.5, 0.6) is 0 Å². The Kier molecular flexibility index (Phi) is 5.53. The van der Waals surface area contributed by atoms with Crippen LogP contribution >= 0.6 is 0 Å². The molecule has 0 atom stereocenters. The van der Waals surface area contributed by atoms with Crippen LogP contribution in [0.15, 0.2) is 60.7 Å². The zero-order valence-corrected chi connectivity index (χ0v) is 16.6. The van der Waals surface area contributed by atoms with E-state index in [-0.39, 0.29) is 0 Å². The molecule has 0 bridgehead atoms. The Labute approximate surface area is 167 Å². The summed E-state index contributed by atoms with van der Waals surface area (Å²) >= 11 is 0. The number of aromatic nitrogens is 2. The van der Waals surface area contributed by atoms with E-state index in [9.17, 15) is 0 Å². The first-order valence-corrected chi connectivity index (χ1v) is 9.96. The summed E-state index contributed by atoms with van der Waals surface area (Å²) in [5.41, 5.74) is 4.38. The minimum Gasteiger partial charge on any atom is -0.354 e. The van der Waals surface area contributed by atoms with Crippen LogP contribution < -0.4 is 10.2 Å². The molecule has 0 radical (unpaired) electrons. The molecule has 1 aliphatic rings. The van der Waals surface area contributed by atoms with Crippen LogP contribution in [0.3, 0.4) is 0 Å². The minimum absolute atomic E-state index is 0.649. The van der Waals surface area contributed by atoms with Gasteiger partial charge in [0.05, 0.1) is 5.69 Å². The standard InChI is InChI=1S/C23H27N5/c1-3-18-9-7-8-12-20(18)24-23-25-21(19-10-5-4-6-11-19)17-22(26-23)28-15-13-27(2)14-16-28/h4-12,17H,3,13-16H2,1-2H3,(H,24,25,26). The molecule has 5 heteroatoms. The van der Waals surface area contributed by atoms with Crippen molar-refractivity contribution < 1.29 is 0 Å². The number of anilines is 3. The lowest BCUT2D eigenvalue weighted by atomic mass is 10.1. The second-order valence-corrected chi connectivity index (χ2v) is 7.23. The van der Waals surface area contributed by atoms with Gasteiger partial charge in [0.1, 0.15) is 5.82 Å². The van der Waals surface area contributed by atoms with E-state index < -0.39 is 0 Å². The lowest BCUT2D eigenvalue weighted by Crippen LogP contribution is -2.44. The maximum atomic E-state index is 4.86. The van der Waals surface area contributed by atoms with Crippen molar-refractivity contribution in [2.24, 2.45) is 0 Å². The van der Waals surface area contributed by atoms with E-state index in [0.717, 1.165) is 55.4 Å². The fourth-order valence-electron chi connectivity index (χ4n) is 3.52. The molecule has 0 saturated carbocycles. The Hall–Kier alpha value is -2.92. The van der Waals surface area contributed by atoms with Crippen LogP contribution in [0.2, 0.25) is 0 Å². The molecule has 0 unspecified atom stereocenters. The smallest absolute Gasteiger partial charge is 0.229 e. The Morgan fingerprint density at radius 1 is 0.893 bits per heavy atom. The number of nitrogens with zero attached hydrogens (tertiary/aromatic N) is 4. The maximum Gasteiger partial charge on any atom is 0.229 e. The number of para-hydroxylation sites is 1. The van der Waals surface area contributed by atoms with Crippen molar-refractivity contribution in [2.45, 2.75) is 13.3 Å². The number of likely N-dealkylation sites (N-methyl/N-ethyl adjacent to an activating group) is 1. The van der Waals surface area contributed by atoms with E-state index in [1.807, 2.05) is 24.3 Å². The summed E-state index contributed by atoms with van der Waals surface area (Å²) in [5, 5.41) is 3.46. The molecule has 5 nitrogen and oxygen atoms in total. The molecule has 2 aromatic carbocycles. The lowest BCUT2D eigenvalue weighted by Gasteiger charge is -2.33. The summed E-state index contributed by atoms with van der Waals surface area (Å²) in [4.78, 5) is 14.4. The molecule has 2 heterocycles. The molecule has 1 N–H and O–H groups in total. The van der Waals surface area contributed by atoms with Gasteiger partial charge in [-0.1, -0.05) is 55.5 Å². The SMILES string of the molecule is CCc1ccccc1Nc1nc(-c2ccccc2)cc(N2CCN(C)CC2)n1. The average molecular weight is 374 g/mol. The van der Waals surface area contributed by atoms with Crippen molar-refractivity contribution in [2.75, 3.05) is 43.4 Å². The number of rotatable bonds is 5. The summed E-state index contributed by atoms with van der Waals surface area (Å²) in [6.45, 7) is 6.22. The zero-order valence-electron chi connectivity index (χ0n) is 16.6. The van der Waals surface area contributed by atoms with Crippen molar-refractivity contribution in [1.82, 2.24) is 14.9 Å². The monoisotopic (exact) mass is 373 g/mol. The minimum atomic E-state index is 0.649. The summed E-state index contributed by atoms with van der Waals surface area (Å²) in [7, 11) is 2.17. The number of hydrogen-bond acceptors (Lipinski definition) is 5. The van der Waals surface area contributed by atoms with Gasteiger partial charge in [-0.25, -0.2) is 4.98 Å². The van der Waals surface area contributed by atoms with E-state index >= 15 is 0 Å². The van der Waals surface area contributed by atoms with Crippen LogP contribution in [0.4, 0.5) is 17.5 Å². The molecule has 0 amide bonds. The predicted octanol–water partition coefficient (Wildman–Crippen LogP) is 4.20. The number of benzene rings is 2. The van der Waals surface area contributed by atoms with Crippen molar-refractivity contribution in [3.8, 4) is 11.3 Å². The van der Waals surface area contributed by atoms with Gasteiger partial charge in [-0.3, -0.25) is 0 Å². The first-order chi connectivity index (χ1) is 13.7. The highest BCUT2D eigenvalue weighted by molar-refractivity contribution is 5.67. The molecule has 4 rings (SSSR count). The fourth-order valence-corrected chi connectivity index (χ4v) is 3.52. The molecule has 3 aromatic rings. The number of hydrogen-bond donors (Lipinski definition) is 1. The Morgan fingerprint density at radius 2 is 1.61 bits per heavy atom. The molecule has 144 valence electrons. The second-order valence-electron chi connectivity index (χ2n) is 7.23. The summed E-state index contributed by atoms with van der Waals surface area (Å²) in [5.74, 6) is 1.63. The van der Waals surface area contributed by atoms with Gasteiger partial charge >= 0.3 is 0 Å². The van der Waals surface area contributed by atoms with Crippen LogP contribution in [0, 0.1) is 0 Å². The summed E-state index contributed by atoms with van der Waals surface area (Å²) in [6, 6.07) is 20.8. The Morgan fingerprint density at radius 3 is 2.36 bits per heavy atom. The average Bonchev–Trinajstić information content (AvgIpc) is 2.75.